The lowest BCUT2D eigenvalue weighted by molar-refractivity contribution is -0.717. The standard InChI is InChI=1S/C19H19BrFN3O/c1-12(2)19(13-3-6-15(21)7-4-13)22-10-16-9-18(25)24-11-14(20)5-8-17(24)23-16/h3-9,11-12,19,22H,10H2,1-2H3/p+1/t19-/m1/s1. The lowest BCUT2D eigenvalue weighted by Gasteiger charge is -2.19. The van der Waals surface area contributed by atoms with Gasteiger partial charge in [0.2, 0.25) is 0 Å². The molecule has 0 unspecified atom stereocenters. The van der Waals surface area contributed by atoms with Crippen LogP contribution < -0.4 is 10.9 Å². The van der Waals surface area contributed by atoms with Crippen LogP contribution in [0.2, 0.25) is 0 Å². The first-order chi connectivity index (χ1) is 11.9. The molecule has 0 aliphatic carbocycles. The molecule has 4 nitrogen and oxygen atoms in total. The number of aromatic nitrogens is 2. The number of rotatable bonds is 5. The number of hydrogen-bond acceptors (Lipinski definition) is 2. The number of fused-ring (bicyclic) bond motifs is 1. The molecular weight excluding hydrogens is 385 g/mol. The van der Waals surface area contributed by atoms with Gasteiger partial charge >= 0.3 is 0 Å². The average Bonchev–Trinajstić information content (AvgIpc) is 2.57. The maximum absolute atomic E-state index is 13.2. The van der Waals surface area contributed by atoms with Gasteiger partial charge in [0.1, 0.15) is 29.7 Å². The summed E-state index contributed by atoms with van der Waals surface area (Å²) in [4.78, 5) is 16.9. The lowest BCUT2D eigenvalue weighted by atomic mass is 9.96. The van der Waals surface area contributed by atoms with Crippen molar-refractivity contribution in [3.63, 3.8) is 0 Å². The predicted octanol–water partition coefficient (Wildman–Crippen LogP) is 3.06. The highest BCUT2D eigenvalue weighted by atomic mass is 79.9. The molecule has 0 radical (unpaired) electrons. The zero-order valence-corrected chi connectivity index (χ0v) is 15.7. The fourth-order valence-corrected chi connectivity index (χ4v) is 3.29. The summed E-state index contributed by atoms with van der Waals surface area (Å²) < 4.78 is 15.5. The fraction of sp³-hybridized carbons (Fsp3) is 0.263. The van der Waals surface area contributed by atoms with E-state index >= 15 is 0 Å². The van der Waals surface area contributed by atoms with E-state index in [1.165, 1.54) is 16.5 Å². The van der Waals surface area contributed by atoms with Crippen LogP contribution >= 0.6 is 15.9 Å². The van der Waals surface area contributed by atoms with Crippen LogP contribution in [0.4, 0.5) is 4.39 Å². The summed E-state index contributed by atoms with van der Waals surface area (Å²) in [5, 5.41) is 2.15. The van der Waals surface area contributed by atoms with E-state index in [4.69, 9.17) is 0 Å². The summed E-state index contributed by atoms with van der Waals surface area (Å²) in [6.07, 6.45) is 1.72. The Morgan fingerprint density at radius 3 is 2.60 bits per heavy atom. The summed E-state index contributed by atoms with van der Waals surface area (Å²) in [5.41, 5.74) is 2.33. The van der Waals surface area contributed by atoms with Crippen molar-refractivity contribution in [2.24, 2.45) is 5.92 Å². The number of benzene rings is 1. The van der Waals surface area contributed by atoms with Crippen LogP contribution in [-0.4, -0.2) is 9.38 Å². The molecule has 0 aliphatic rings. The summed E-state index contributed by atoms with van der Waals surface area (Å²) in [6, 6.07) is 12.0. The van der Waals surface area contributed by atoms with Gasteiger partial charge < -0.3 is 5.32 Å². The molecule has 0 saturated carbocycles. The van der Waals surface area contributed by atoms with Crippen molar-refractivity contribution in [2.45, 2.75) is 26.4 Å². The molecule has 3 rings (SSSR count). The Morgan fingerprint density at radius 1 is 1.20 bits per heavy atom. The van der Waals surface area contributed by atoms with Crippen molar-refractivity contribution >= 4 is 21.6 Å². The van der Waals surface area contributed by atoms with E-state index in [-0.39, 0.29) is 17.4 Å². The molecule has 0 spiro atoms. The minimum Gasteiger partial charge on any atom is -0.335 e. The third-order valence-electron chi connectivity index (χ3n) is 4.23. The van der Waals surface area contributed by atoms with Crippen molar-refractivity contribution in [3.05, 3.63) is 80.6 Å². The molecule has 25 heavy (non-hydrogen) atoms. The van der Waals surface area contributed by atoms with E-state index in [1.54, 1.807) is 12.3 Å². The van der Waals surface area contributed by atoms with Crippen molar-refractivity contribution in [1.82, 2.24) is 9.38 Å². The zero-order valence-electron chi connectivity index (χ0n) is 14.1. The normalized spacial score (nSPS) is 12.7. The summed E-state index contributed by atoms with van der Waals surface area (Å²) in [7, 11) is 0. The number of pyridine rings is 1. The van der Waals surface area contributed by atoms with Crippen LogP contribution in [0.15, 0.2) is 57.9 Å². The number of nitrogens with zero attached hydrogens (tertiary/aromatic N) is 2. The predicted molar refractivity (Wildman–Crippen MR) is 98.8 cm³/mol. The second-order valence-corrected chi connectivity index (χ2v) is 7.34. The molecule has 0 aliphatic heterocycles. The van der Waals surface area contributed by atoms with Gasteiger partial charge in [0.15, 0.2) is 0 Å². The maximum atomic E-state index is 13.2. The Kier molecular flexibility index (Phi) is 5.30. The minimum atomic E-state index is -0.235. The van der Waals surface area contributed by atoms with Gasteiger partial charge in [-0.25, -0.2) is 9.37 Å². The first-order valence-electron chi connectivity index (χ1n) is 8.20. The molecule has 130 valence electrons. The van der Waals surface area contributed by atoms with E-state index in [9.17, 15) is 9.18 Å². The topological polar surface area (TPSA) is 51.0 Å². The maximum Gasteiger partial charge on any atom is 0.258 e. The third-order valence-corrected chi connectivity index (χ3v) is 4.70. The molecule has 0 amide bonds. The van der Waals surface area contributed by atoms with Gasteiger partial charge in [-0.2, -0.15) is 0 Å². The van der Waals surface area contributed by atoms with Crippen LogP contribution in [0, 0.1) is 11.7 Å². The second kappa shape index (κ2) is 7.45. The first kappa shape index (κ1) is 17.8. The Morgan fingerprint density at radius 2 is 1.92 bits per heavy atom. The second-order valence-electron chi connectivity index (χ2n) is 6.42. The van der Waals surface area contributed by atoms with Gasteiger partial charge in [0, 0.05) is 28.2 Å². The Balaban J connectivity index is 1.83. The highest BCUT2D eigenvalue weighted by Gasteiger charge is 2.19. The van der Waals surface area contributed by atoms with E-state index in [0.717, 1.165) is 15.7 Å². The van der Waals surface area contributed by atoms with Gasteiger partial charge in [-0.05, 0) is 40.2 Å². The van der Waals surface area contributed by atoms with E-state index in [0.29, 0.717) is 18.1 Å². The van der Waals surface area contributed by atoms with E-state index < -0.39 is 0 Å². The van der Waals surface area contributed by atoms with Crippen LogP contribution in [-0.2, 0) is 6.54 Å². The van der Waals surface area contributed by atoms with Gasteiger partial charge in [0.25, 0.3) is 5.56 Å². The summed E-state index contributed by atoms with van der Waals surface area (Å²) in [5.74, 6) is 0.129. The van der Waals surface area contributed by atoms with Crippen molar-refractivity contribution in [1.29, 1.82) is 0 Å². The molecule has 2 heterocycles. The number of nitrogens with two attached hydrogens (primary N) is 1. The highest BCUT2D eigenvalue weighted by molar-refractivity contribution is 9.10. The summed E-state index contributed by atoms with van der Waals surface area (Å²) >= 11 is 3.36. The number of quaternary nitrogens is 1. The number of hydrogen-bond donors (Lipinski definition) is 1. The average molecular weight is 405 g/mol. The fourth-order valence-electron chi connectivity index (χ4n) is 2.96. The molecule has 1 atom stereocenters. The van der Waals surface area contributed by atoms with Crippen molar-refractivity contribution in [3.8, 4) is 0 Å². The van der Waals surface area contributed by atoms with Crippen molar-refractivity contribution < 1.29 is 9.71 Å². The Bertz CT molecular complexity index is 938. The molecule has 0 saturated heterocycles. The van der Waals surface area contributed by atoms with E-state index in [1.807, 2.05) is 24.3 Å². The molecular formula is C19H20BrFN3O+. The van der Waals surface area contributed by atoms with Crippen molar-refractivity contribution in [2.75, 3.05) is 0 Å². The molecule has 6 heteroatoms. The molecule has 0 fully saturated rings. The molecule has 3 aromatic rings. The largest absolute Gasteiger partial charge is 0.335 e. The van der Waals surface area contributed by atoms with E-state index in [2.05, 4.69) is 40.1 Å². The number of halogens is 2. The molecule has 2 N–H and O–H groups in total. The monoisotopic (exact) mass is 404 g/mol. The highest BCUT2D eigenvalue weighted by Crippen LogP contribution is 2.18. The van der Waals surface area contributed by atoms with Crippen LogP contribution in [0.5, 0.6) is 0 Å². The van der Waals surface area contributed by atoms with Crippen LogP contribution in [0.3, 0.4) is 0 Å². The van der Waals surface area contributed by atoms with Gasteiger partial charge in [0.05, 0.1) is 0 Å². The summed E-state index contributed by atoms with van der Waals surface area (Å²) in [6.45, 7) is 4.84. The molecule has 2 aromatic heterocycles. The van der Waals surface area contributed by atoms with Crippen LogP contribution in [0.25, 0.3) is 5.65 Å². The molecule has 1 aromatic carbocycles. The first-order valence-corrected chi connectivity index (χ1v) is 9.00. The minimum absolute atomic E-state index is 0.0995. The van der Waals surface area contributed by atoms with Gasteiger partial charge in [-0.3, -0.25) is 9.20 Å². The van der Waals surface area contributed by atoms with Gasteiger partial charge in [-0.1, -0.05) is 26.0 Å². The Hall–Kier alpha value is -2.05. The SMILES string of the molecule is CC(C)[C@@H]([NH2+]Cc1cc(=O)n2cc(Br)ccc2n1)c1ccc(F)cc1. The smallest absolute Gasteiger partial charge is 0.258 e. The lowest BCUT2D eigenvalue weighted by Crippen LogP contribution is -2.84. The Labute approximate surface area is 153 Å². The van der Waals surface area contributed by atoms with Gasteiger partial charge in [-0.15, -0.1) is 0 Å². The zero-order chi connectivity index (χ0) is 18.0. The quantitative estimate of drug-likeness (QED) is 0.710. The van der Waals surface area contributed by atoms with Crippen LogP contribution in [0.1, 0.15) is 31.1 Å². The molecule has 0 bridgehead atoms. The third kappa shape index (κ3) is 4.14.